The molecule has 1 aromatic carbocycles. The Hall–Kier alpha value is -1.77. The molecule has 0 aliphatic carbocycles. The van der Waals surface area contributed by atoms with Crippen molar-refractivity contribution in [1.82, 2.24) is 4.72 Å². The molecule has 0 radical (unpaired) electrons. The lowest BCUT2D eigenvalue weighted by molar-refractivity contribution is 0.167. The number of aryl methyl sites for hydroxylation is 2. The predicted molar refractivity (Wildman–Crippen MR) is 79.3 cm³/mol. The van der Waals surface area contributed by atoms with Crippen LogP contribution in [0.2, 0.25) is 0 Å². The lowest BCUT2D eigenvalue weighted by Crippen LogP contribution is -2.26. The fraction of sp³-hybridized carbons (Fsp3) is 0.333. The number of halogens is 2. The summed E-state index contributed by atoms with van der Waals surface area (Å²) < 4.78 is 57.5. The molecule has 1 heterocycles. The SMILES string of the molecule is Cc1cc(C(O)CCNS(=O)(=O)c2ccc(F)c(F)c2)c(C)o1. The highest BCUT2D eigenvalue weighted by Crippen LogP contribution is 2.23. The first kappa shape index (κ1) is 17.6. The lowest BCUT2D eigenvalue weighted by Gasteiger charge is -2.11. The molecule has 0 aliphatic rings. The van der Waals surface area contributed by atoms with E-state index in [4.69, 9.17) is 4.42 Å². The average Bonchev–Trinajstić information content (AvgIpc) is 2.80. The van der Waals surface area contributed by atoms with Gasteiger partial charge in [-0.1, -0.05) is 0 Å². The predicted octanol–water partition coefficient (Wildman–Crippen LogP) is 2.58. The van der Waals surface area contributed by atoms with Crippen LogP contribution in [-0.2, 0) is 10.0 Å². The fourth-order valence-corrected chi connectivity index (χ4v) is 3.25. The molecule has 1 aromatic heterocycles. The molecule has 126 valence electrons. The Balaban J connectivity index is 1.99. The number of benzene rings is 1. The van der Waals surface area contributed by atoms with Crippen molar-refractivity contribution in [1.29, 1.82) is 0 Å². The summed E-state index contributed by atoms with van der Waals surface area (Å²) in [6.07, 6.45) is -0.775. The third kappa shape index (κ3) is 4.15. The molecule has 0 aliphatic heterocycles. The van der Waals surface area contributed by atoms with Crippen molar-refractivity contribution in [3.8, 4) is 0 Å². The second-order valence-electron chi connectivity index (χ2n) is 5.15. The largest absolute Gasteiger partial charge is 0.466 e. The molecule has 2 N–H and O–H groups in total. The average molecular weight is 345 g/mol. The number of aliphatic hydroxyl groups is 1. The molecule has 0 fully saturated rings. The third-order valence-corrected chi connectivity index (χ3v) is 4.81. The van der Waals surface area contributed by atoms with Crippen LogP contribution in [0.1, 0.15) is 29.6 Å². The summed E-state index contributed by atoms with van der Waals surface area (Å²) in [5, 5.41) is 10.1. The highest BCUT2D eigenvalue weighted by atomic mass is 32.2. The molecule has 2 aromatic rings. The molecule has 0 amide bonds. The molecule has 0 saturated heterocycles. The number of hydrogen-bond acceptors (Lipinski definition) is 4. The van der Waals surface area contributed by atoms with Crippen molar-refractivity contribution < 1.29 is 26.7 Å². The number of nitrogens with one attached hydrogen (secondary N) is 1. The van der Waals surface area contributed by atoms with Crippen LogP contribution in [0.3, 0.4) is 0 Å². The van der Waals surface area contributed by atoms with E-state index in [1.165, 1.54) is 0 Å². The quantitative estimate of drug-likeness (QED) is 0.843. The van der Waals surface area contributed by atoms with Gasteiger partial charge in [-0.05, 0) is 44.5 Å². The Bertz CT molecular complexity index is 802. The van der Waals surface area contributed by atoms with Gasteiger partial charge in [0.05, 0.1) is 11.0 Å². The Morgan fingerprint density at radius 1 is 1.22 bits per heavy atom. The first-order chi connectivity index (χ1) is 10.7. The van der Waals surface area contributed by atoms with Crippen molar-refractivity contribution in [2.24, 2.45) is 0 Å². The van der Waals surface area contributed by atoms with Crippen LogP contribution in [0.15, 0.2) is 33.6 Å². The van der Waals surface area contributed by atoms with Crippen LogP contribution < -0.4 is 4.72 Å². The van der Waals surface area contributed by atoms with Crippen molar-refractivity contribution >= 4 is 10.0 Å². The third-order valence-electron chi connectivity index (χ3n) is 3.35. The zero-order valence-electron chi connectivity index (χ0n) is 12.6. The number of hydrogen-bond donors (Lipinski definition) is 2. The number of aliphatic hydroxyl groups excluding tert-OH is 1. The normalized spacial score (nSPS) is 13.3. The van der Waals surface area contributed by atoms with E-state index >= 15 is 0 Å². The van der Waals surface area contributed by atoms with Gasteiger partial charge in [-0.2, -0.15) is 0 Å². The molecular weight excluding hydrogens is 328 g/mol. The van der Waals surface area contributed by atoms with E-state index in [0.717, 1.165) is 12.1 Å². The molecule has 5 nitrogen and oxygen atoms in total. The fourth-order valence-electron chi connectivity index (χ4n) is 2.19. The summed E-state index contributed by atoms with van der Waals surface area (Å²) in [4.78, 5) is -0.374. The zero-order valence-corrected chi connectivity index (χ0v) is 13.5. The molecule has 2 rings (SSSR count). The standard InChI is InChI=1S/C15H17F2NO4S/c1-9-7-12(10(2)22-9)15(19)5-6-18-23(20,21)11-3-4-13(16)14(17)8-11/h3-4,7-8,15,18-19H,5-6H2,1-2H3. The van der Waals surface area contributed by atoms with E-state index in [2.05, 4.69) is 4.72 Å². The van der Waals surface area contributed by atoms with Crippen molar-refractivity contribution in [3.05, 3.63) is 53.0 Å². The van der Waals surface area contributed by atoms with Gasteiger partial charge >= 0.3 is 0 Å². The van der Waals surface area contributed by atoms with Crippen LogP contribution in [0.25, 0.3) is 0 Å². The monoisotopic (exact) mass is 345 g/mol. The summed E-state index contributed by atoms with van der Waals surface area (Å²) in [5.41, 5.74) is 0.592. The molecular formula is C15H17F2NO4S. The van der Waals surface area contributed by atoms with Crippen LogP contribution in [0, 0.1) is 25.5 Å². The smallest absolute Gasteiger partial charge is 0.240 e. The second kappa shape index (κ2) is 6.77. The summed E-state index contributed by atoms with van der Waals surface area (Å²) >= 11 is 0. The first-order valence-electron chi connectivity index (χ1n) is 6.90. The van der Waals surface area contributed by atoms with Crippen LogP contribution in [0.5, 0.6) is 0 Å². The maximum absolute atomic E-state index is 13.1. The molecule has 0 bridgehead atoms. The van der Waals surface area contributed by atoms with Gasteiger partial charge in [-0.3, -0.25) is 0 Å². The minimum Gasteiger partial charge on any atom is -0.466 e. The van der Waals surface area contributed by atoms with Gasteiger partial charge < -0.3 is 9.52 Å². The number of rotatable bonds is 6. The van der Waals surface area contributed by atoms with Crippen LogP contribution >= 0.6 is 0 Å². The maximum atomic E-state index is 13.1. The van der Waals surface area contributed by atoms with Crippen molar-refractivity contribution in [3.63, 3.8) is 0 Å². The summed E-state index contributed by atoms with van der Waals surface area (Å²) in [7, 11) is -3.97. The van der Waals surface area contributed by atoms with Gasteiger partial charge in [0.2, 0.25) is 10.0 Å². The topological polar surface area (TPSA) is 79.5 Å². The van der Waals surface area contributed by atoms with E-state index in [1.54, 1.807) is 19.9 Å². The van der Waals surface area contributed by atoms with Gasteiger partial charge in [0, 0.05) is 12.1 Å². The lowest BCUT2D eigenvalue weighted by atomic mass is 10.1. The van der Waals surface area contributed by atoms with Crippen LogP contribution in [0.4, 0.5) is 8.78 Å². The molecule has 8 heteroatoms. The van der Waals surface area contributed by atoms with E-state index < -0.39 is 27.8 Å². The Morgan fingerprint density at radius 2 is 1.91 bits per heavy atom. The summed E-state index contributed by atoms with van der Waals surface area (Å²) in [5.74, 6) is -1.14. The van der Waals surface area contributed by atoms with E-state index in [0.29, 0.717) is 23.2 Å². The molecule has 0 spiro atoms. The van der Waals surface area contributed by atoms with Gasteiger partial charge in [0.25, 0.3) is 0 Å². The Morgan fingerprint density at radius 3 is 2.48 bits per heavy atom. The van der Waals surface area contributed by atoms with Gasteiger partial charge in [0.1, 0.15) is 11.5 Å². The molecule has 1 unspecified atom stereocenters. The highest BCUT2D eigenvalue weighted by molar-refractivity contribution is 7.89. The van der Waals surface area contributed by atoms with Crippen molar-refractivity contribution in [2.75, 3.05) is 6.54 Å². The minimum atomic E-state index is -3.97. The molecule has 1 atom stereocenters. The Kier molecular flexibility index (Phi) is 5.18. The highest BCUT2D eigenvalue weighted by Gasteiger charge is 2.18. The summed E-state index contributed by atoms with van der Waals surface area (Å²) in [6.45, 7) is 3.39. The Labute approximate surface area is 133 Å². The van der Waals surface area contributed by atoms with E-state index in [1.807, 2.05) is 0 Å². The zero-order chi connectivity index (χ0) is 17.2. The maximum Gasteiger partial charge on any atom is 0.240 e. The number of furan rings is 1. The summed E-state index contributed by atoms with van der Waals surface area (Å²) in [6, 6.07) is 4.01. The molecule has 0 saturated carbocycles. The second-order valence-corrected chi connectivity index (χ2v) is 6.91. The first-order valence-corrected chi connectivity index (χ1v) is 8.39. The van der Waals surface area contributed by atoms with Gasteiger partial charge in [-0.25, -0.2) is 21.9 Å². The van der Waals surface area contributed by atoms with Gasteiger partial charge in [-0.15, -0.1) is 0 Å². The van der Waals surface area contributed by atoms with E-state index in [-0.39, 0.29) is 17.9 Å². The number of sulfonamides is 1. The minimum absolute atomic E-state index is 0.0633. The van der Waals surface area contributed by atoms with Crippen LogP contribution in [-0.4, -0.2) is 20.1 Å². The molecule has 23 heavy (non-hydrogen) atoms. The van der Waals surface area contributed by atoms with E-state index in [9.17, 15) is 22.3 Å². The van der Waals surface area contributed by atoms with Crippen molar-refractivity contribution in [2.45, 2.75) is 31.3 Å². The van der Waals surface area contributed by atoms with Gasteiger partial charge in [0.15, 0.2) is 11.6 Å².